The molecule has 0 bridgehead atoms. The summed E-state index contributed by atoms with van der Waals surface area (Å²) in [7, 11) is 0. The van der Waals surface area contributed by atoms with Crippen molar-refractivity contribution in [2.75, 3.05) is 39.5 Å². The molecule has 0 radical (unpaired) electrons. The summed E-state index contributed by atoms with van der Waals surface area (Å²) in [5, 5.41) is 0.791. The molecule has 0 aliphatic carbocycles. The van der Waals surface area contributed by atoms with Crippen LogP contribution >= 0.6 is 11.6 Å². The molecule has 126 valence electrons. The van der Waals surface area contributed by atoms with Crippen LogP contribution in [0.25, 0.3) is 0 Å². The number of amides is 1. The lowest BCUT2D eigenvalue weighted by Crippen LogP contribution is -2.41. The minimum Gasteiger partial charge on any atom is -0.381 e. The number of benzene rings is 1. The van der Waals surface area contributed by atoms with Crippen LogP contribution in [0.5, 0.6) is 0 Å². The van der Waals surface area contributed by atoms with E-state index in [0.717, 1.165) is 36.4 Å². The molecule has 0 saturated carbocycles. The molecule has 0 unspecified atom stereocenters. The van der Waals surface area contributed by atoms with E-state index in [0.29, 0.717) is 38.9 Å². The molecule has 1 atom stereocenters. The highest BCUT2D eigenvalue weighted by Gasteiger charge is 2.29. The number of hydrogen-bond donors (Lipinski definition) is 0. The Hall–Kier alpha value is -1.10. The van der Waals surface area contributed by atoms with E-state index in [9.17, 15) is 4.79 Å². The number of carbonyl (C=O) groups excluding carboxylic acids is 1. The smallest absolute Gasteiger partial charge is 0.225 e. The van der Waals surface area contributed by atoms with Crippen molar-refractivity contribution in [2.45, 2.75) is 19.3 Å². The van der Waals surface area contributed by atoms with E-state index in [-0.39, 0.29) is 11.8 Å². The molecule has 1 aromatic rings. The van der Waals surface area contributed by atoms with Gasteiger partial charge in [-0.2, -0.15) is 0 Å². The molecular formula is C18H24ClNO3. The zero-order valence-electron chi connectivity index (χ0n) is 13.4. The lowest BCUT2D eigenvalue weighted by atomic mass is 9.96. The Balaban J connectivity index is 1.63. The van der Waals surface area contributed by atoms with E-state index < -0.39 is 0 Å². The molecule has 0 aromatic heterocycles. The van der Waals surface area contributed by atoms with E-state index in [4.69, 9.17) is 21.1 Å². The fourth-order valence-electron chi connectivity index (χ4n) is 3.38. The summed E-state index contributed by atoms with van der Waals surface area (Å²) in [6.45, 7) is 4.14. The van der Waals surface area contributed by atoms with Crippen molar-refractivity contribution in [3.05, 3.63) is 34.9 Å². The van der Waals surface area contributed by atoms with Crippen LogP contribution in [-0.4, -0.2) is 50.3 Å². The summed E-state index contributed by atoms with van der Waals surface area (Å²) in [5.41, 5.74) is 1.13. The lowest BCUT2D eigenvalue weighted by Gasteiger charge is -2.30. The average molecular weight is 338 g/mol. The van der Waals surface area contributed by atoms with Crippen LogP contribution in [0.1, 0.15) is 18.4 Å². The molecule has 2 fully saturated rings. The number of ether oxygens (including phenoxy) is 2. The lowest BCUT2D eigenvalue weighted by molar-refractivity contribution is -0.138. The minimum absolute atomic E-state index is 0.114. The highest BCUT2D eigenvalue weighted by Crippen LogP contribution is 2.23. The van der Waals surface area contributed by atoms with Gasteiger partial charge < -0.3 is 14.4 Å². The van der Waals surface area contributed by atoms with Gasteiger partial charge in [0.25, 0.3) is 0 Å². The molecular weight excluding hydrogens is 314 g/mol. The Labute approximate surface area is 142 Å². The first-order valence-corrected chi connectivity index (χ1v) is 8.79. The van der Waals surface area contributed by atoms with E-state index in [1.54, 1.807) is 0 Å². The summed E-state index contributed by atoms with van der Waals surface area (Å²) < 4.78 is 11.1. The summed E-state index contributed by atoms with van der Waals surface area (Å²) in [6, 6.07) is 7.91. The normalized spacial score (nSPS) is 23.5. The van der Waals surface area contributed by atoms with Crippen LogP contribution in [0.3, 0.4) is 0 Å². The van der Waals surface area contributed by atoms with Gasteiger partial charge in [-0.1, -0.05) is 29.8 Å². The van der Waals surface area contributed by atoms with Crippen LogP contribution in [0, 0.1) is 11.8 Å². The first-order chi connectivity index (χ1) is 11.2. The van der Waals surface area contributed by atoms with Crippen LogP contribution in [0.15, 0.2) is 24.3 Å². The molecule has 1 amide bonds. The maximum atomic E-state index is 12.8. The SMILES string of the molecule is O=C(C1CCOCC1)N1CCOC[C@H](Cc2ccccc2Cl)C1. The van der Waals surface area contributed by atoms with Gasteiger partial charge in [-0.3, -0.25) is 4.79 Å². The Morgan fingerprint density at radius 1 is 1.17 bits per heavy atom. The van der Waals surface area contributed by atoms with Crippen LogP contribution in [0.2, 0.25) is 5.02 Å². The van der Waals surface area contributed by atoms with Crippen LogP contribution in [0.4, 0.5) is 0 Å². The number of carbonyl (C=O) groups is 1. The van der Waals surface area contributed by atoms with Crippen molar-refractivity contribution in [3.8, 4) is 0 Å². The van der Waals surface area contributed by atoms with Crippen LogP contribution in [-0.2, 0) is 20.7 Å². The third-order valence-electron chi connectivity index (χ3n) is 4.69. The van der Waals surface area contributed by atoms with Crippen molar-refractivity contribution >= 4 is 17.5 Å². The Morgan fingerprint density at radius 3 is 2.74 bits per heavy atom. The van der Waals surface area contributed by atoms with E-state index in [1.165, 1.54) is 0 Å². The van der Waals surface area contributed by atoms with Gasteiger partial charge in [-0.25, -0.2) is 0 Å². The summed E-state index contributed by atoms with van der Waals surface area (Å²) in [4.78, 5) is 14.8. The van der Waals surface area contributed by atoms with E-state index in [2.05, 4.69) is 6.07 Å². The van der Waals surface area contributed by atoms with Gasteiger partial charge in [0.2, 0.25) is 5.91 Å². The molecule has 0 spiro atoms. The van der Waals surface area contributed by atoms with E-state index in [1.807, 2.05) is 23.1 Å². The maximum absolute atomic E-state index is 12.8. The first kappa shape index (κ1) is 16.7. The quantitative estimate of drug-likeness (QED) is 0.851. The third-order valence-corrected chi connectivity index (χ3v) is 5.06. The molecule has 5 heteroatoms. The number of hydrogen-bond acceptors (Lipinski definition) is 3. The van der Waals surface area contributed by atoms with Crippen molar-refractivity contribution in [1.82, 2.24) is 4.90 Å². The second kappa shape index (κ2) is 8.13. The number of halogens is 1. The van der Waals surface area contributed by atoms with Crippen LogP contribution < -0.4 is 0 Å². The monoisotopic (exact) mass is 337 g/mol. The molecule has 2 saturated heterocycles. The average Bonchev–Trinajstić information content (AvgIpc) is 2.83. The minimum atomic E-state index is 0.114. The molecule has 2 heterocycles. The van der Waals surface area contributed by atoms with Crippen molar-refractivity contribution < 1.29 is 14.3 Å². The Bertz CT molecular complexity index is 531. The van der Waals surface area contributed by atoms with Gasteiger partial charge in [0.15, 0.2) is 0 Å². The van der Waals surface area contributed by atoms with Gasteiger partial charge >= 0.3 is 0 Å². The summed E-state index contributed by atoms with van der Waals surface area (Å²) in [5.74, 6) is 0.673. The standard InChI is InChI=1S/C18H24ClNO3/c19-17-4-2-1-3-16(17)11-14-12-20(7-10-23-13-14)18(21)15-5-8-22-9-6-15/h1-4,14-15H,5-13H2/t14-/m1/s1. The Morgan fingerprint density at radius 2 is 1.96 bits per heavy atom. The Kier molecular flexibility index (Phi) is 5.92. The fourth-order valence-corrected chi connectivity index (χ4v) is 3.59. The number of rotatable bonds is 3. The molecule has 0 N–H and O–H groups in total. The highest BCUT2D eigenvalue weighted by atomic mass is 35.5. The predicted octanol–water partition coefficient (Wildman–Crippen LogP) is 2.78. The fraction of sp³-hybridized carbons (Fsp3) is 0.611. The van der Waals surface area contributed by atoms with Gasteiger partial charge in [0.1, 0.15) is 0 Å². The summed E-state index contributed by atoms with van der Waals surface area (Å²) in [6.07, 6.45) is 2.52. The van der Waals surface area contributed by atoms with E-state index >= 15 is 0 Å². The second-order valence-corrected chi connectivity index (χ2v) is 6.81. The van der Waals surface area contributed by atoms with Gasteiger partial charge in [-0.15, -0.1) is 0 Å². The summed E-state index contributed by atoms with van der Waals surface area (Å²) >= 11 is 6.27. The molecule has 23 heavy (non-hydrogen) atoms. The van der Waals surface area contributed by atoms with Gasteiger partial charge in [-0.05, 0) is 30.9 Å². The number of nitrogens with zero attached hydrogens (tertiary/aromatic N) is 1. The van der Waals surface area contributed by atoms with Crippen molar-refractivity contribution in [2.24, 2.45) is 11.8 Å². The highest BCUT2D eigenvalue weighted by molar-refractivity contribution is 6.31. The van der Waals surface area contributed by atoms with Crippen molar-refractivity contribution in [3.63, 3.8) is 0 Å². The largest absolute Gasteiger partial charge is 0.381 e. The topological polar surface area (TPSA) is 38.8 Å². The molecule has 2 aliphatic heterocycles. The zero-order chi connectivity index (χ0) is 16.1. The van der Waals surface area contributed by atoms with Gasteiger partial charge in [0.05, 0.1) is 13.2 Å². The molecule has 1 aromatic carbocycles. The molecule has 2 aliphatic rings. The third kappa shape index (κ3) is 4.46. The zero-order valence-corrected chi connectivity index (χ0v) is 14.1. The maximum Gasteiger partial charge on any atom is 0.225 e. The predicted molar refractivity (Wildman–Crippen MR) is 89.6 cm³/mol. The second-order valence-electron chi connectivity index (χ2n) is 6.41. The van der Waals surface area contributed by atoms with Crippen molar-refractivity contribution in [1.29, 1.82) is 0 Å². The van der Waals surface area contributed by atoms with Gasteiger partial charge in [0, 0.05) is 43.2 Å². The molecule has 3 rings (SSSR count). The molecule has 4 nitrogen and oxygen atoms in total. The first-order valence-electron chi connectivity index (χ1n) is 8.41.